The molecule has 4 aromatic rings. The summed E-state index contributed by atoms with van der Waals surface area (Å²) in [6.45, 7) is 4.77. The molecule has 0 atom stereocenters. The number of amides is 1. The zero-order chi connectivity index (χ0) is 21.9. The van der Waals surface area contributed by atoms with E-state index in [0.29, 0.717) is 18.9 Å². The SMILES string of the molecule is Cc1ccnc(Nc2cc(N3CCN(C(=O)c4ccc5ccccc5c4)CC3)ncn2)c1. The van der Waals surface area contributed by atoms with E-state index in [1.54, 1.807) is 12.5 Å². The Morgan fingerprint density at radius 3 is 2.44 bits per heavy atom. The van der Waals surface area contributed by atoms with Crippen molar-refractivity contribution in [1.82, 2.24) is 19.9 Å². The second-order valence-electron chi connectivity index (χ2n) is 7.95. The lowest BCUT2D eigenvalue weighted by atomic mass is 10.1. The van der Waals surface area contributed by atoms with Crippen LogP contribution in [0.5, 0.6) is 0 Å². The molecular weight excluding hydrogens is 400 g/mol. The Kier molecular flexibility index (Phi) is 5.37. The van der Waals surface area contributed by atoms with Crippen molar-refractivity contribution in [3.05, 3.63) is 84.3 Å². The molecule has 7 heteroatoms. The molecule has 0 radical (unpaired) electrons. The van der Waals surface area contributed by atoms with E-state index in [9.17, 15) is 4.79 Å². The fourth-order valence-electron chi connectivity index (χ4n) is 3.97. The van der Waals surface area contributed by atoms with E-state index in [4.69, 9.17) is 0 Å². The highest BCUT2D eigenvalue weighted by Gasteiger charge is 2.23. The monoisotopic (exact) mass is 424 g/mol. The Morgan fingerprint density at radius 2 is 1.62 bits per heavy atom. The van der Waals surface area contributed by atoms with Crippen LogP contribution in [0.25, 0.3) is 10.8 Å². The molecule has 1 aliphatic heterocycles. The molecule has 160 valence electrons. The Labute approximate surface area is 186 Å². The predicted molar refractivity (Wildman–Crippen MR) is 126 cm³/mol. The third kappa shape index (κ3) is 4.23. The van der Waals surface area contributed by atoms with Crippen LogP contribution < -0.4 is 10.2 Å². The summed E-state index contributed by atoms with van der Waals surface area (Å²) in [7, 11) is 0. The van der Waals surface area contributed by atoms with E-state index in [1.165, 1.54) is 0 Å². The molecule has 2 aromatic heterocycles. The van der Waals surface area contributed by atoms with Gasteiger partial charge in [-0.2, -0.15) is 0 Å². The van der Waals surface area contributed by atoms with Gasteiger partial charge in [0.25, 0.3) is 5.91 Å². The molecule has 0 unspecified atom stereocenters. The number of carbonyl (C=O) groups is 1. The molecule has 1 fully saturated rings. The lowest BCUT2D eigenvalue weighted by Gasteiger charge is -2.35. The van der Waals surface area contributed by atoms with Crippen LogP contribution in [0.2, 0.25) is 0 Å². The predicted octanol–water partition coefficient (Wildman–Crippen LogP) is 4.04. The van der Waals surface area contributed by atoms with Crippen LogP contribution in [-0.4, -0.2) is 51.9 Å². The average molecular weight is 425 g/mol. The van der Waals surface area contributed by atoms with Gasteiger partial charge >= 0.3 is 0 Å². The largest absolute Gasteiger partial charge is 0.353 e. The van der Waals surface area contributed by atoms with Gasteiger partial charge in [-0.1, -0.05) is 30.3 Å². The van der Waals surface area contributed by atoms with Gasteiger partial charge in [0.2, 0.25) is 0 Å². The molecule has 3 heterocycles. The van der Waals surface area contributed by atoms with E-state index in [1.807, 2.05) is 66.4 Å². The molecule has 32 heavy (non-hydrogen) atoms. The van der Waals surface area contributed by atoms with Crippen LogP contribution in [0.3, 0.4) is 0 Å². The molecular formula is C25H24N6O. The molecule has 0 bridgehead atoms. The van der Waals surface area contributed by atoms with Gasteiger partial charge in [-0.05, 0) is 47.5 Å². The van der Waals surface area contributed by atoms with Gasteiger partial charge in [0, 0.05) is 44.0 Å². The van der Waals surface area contributed by atoms with Crippen molar-refractivity contribution < 1.29 is 4.79 Å². The Bertz CT molecular complexity index is 1270. The zero-order valence-corrected chi connectivity index (χ0v) is 17.9. The normalized spacial score (nSPS) is 13.9. The van der Waals surface area contributed by atoms with Crippen molar-refractivity contribution in [1.29, 1.82) is 0 Å². The number of pyridine rings is 1. The molecule has 5 rings (SSSR count). The third-order valence-electron chi connectivity index (χ3n) is 5.71. The number of benzene rings is 2. The van der Waals surface area contributed by atoms with Crippen molar-refractivity contribution in [3.8, 4) is 0 Å². The summed E-state index contributed by atoms with van der Waals surface area (Å²) in [4.78, 5) is 30.2. The Morgan fingerprint density at radius 1 is 0.844 bits per heavy atom. The van der Waals surface area contributed by atoms with Gasteiger partial charge in [0.05, 0.1) is 0 Å². The molecule has 1 N–H and O–H groups in total. The highest BCUT2D eigenvalue weighted by Crippen LogP contribution is 2.21. The quantitative estimate of drug-likeness (QED) is 0.533. The summed E-state index contributed by atoms with van der Waals surface area (Å²) in [6, 6.07) is 19.9. The van der Waals surface area contributed by atoms with Crippen LogP contribution in [0.15, 0.2) is 73.2 Å². The number of aryl methyl sites for hydroxylation is 1. The number of rotatable bonds is 4. The second-order valence-corrected chi connectivity index (χ2v) is 7.95. The minimum Gasteiger partial charge on any atom is -0.353 e. The third-order valence-corrected chi connectivity index (χ3v) is 5.71. The number of nitrogens with one attached hydrogen (secondary N) is 1. The average Bonchev–Trinajstić information content (AvgIpc) is 2.83. The Hall–Kier alpha value is -4.00. The summed E-state index contributed by atoms with van der Waals surface area (Å²) in [5.41, 5.74) is 1.86. The number of piperazine rings is 1. The molecule has 1 saturated heterocycles. The minimum atomic E-state index is 0.0750. The number of hydrogen-bond acceptors (Lipinski definition) is 6. The molecule has 0 aliphatic carbocycles. The maximum Gasteiger partial charge on any atom is 0.253 e. The minimum absolute atomic E-state index is 0.0750. The van der Waals surface area contributed by atoms with Crippen LogP contribution in [-0.2, 0) is 0 Å². The smallest absolute Gasteiger partial charge is 0.253 e. The van der Waals surface area contributed by atoms with E-state index in [0.717, 1.165) is 46.6 Å². The lowest BCUT2D eigenvalue weighted by molar-refractivity contribution is 0.0746. The standard InChI is InChI=1S/C25H24N6O/c1-18-8-9-26-22(14-18)29-23-16-24(28-17-27-23)30-10-12-31(13-11-30)25(32)21-7-6-19-4-2-3-5-20(19)15-21/h2-9,14-17H,10-13H2,1H3,(H,26,27,28,29). The van der Waals surface area contributed by atoms with Gasteiger partial charge in [-0.3, -0.25) is 4.79 Å². The topological polar surface area (TPSA) is 74.2 Å². The summed E-state index contributed by atoms with van der Waals surface area (Å²) in [5, 5.41) is 5.46. The number of hydrogen-bond donors (Lipinski definition) is 1. The van der Waals surface area contributed by atoms with Crippen LogP contribution in [0.1, 0.15) is 15.9 Å². The fraction of sp³-hybridized carbons (Fsp3) is 0.200. The Balaban J connectivity index is 1.24. The van der Waals surface area contributed by atoms with Crippen molar-refractivity contribution in [3.63, 3.8) is 0 Å². The lowest BCUT2D eigenvalue weighted by Crippen LogP contribution is -2.49. The van der Waals surface area contributed by atoms with Crippen molar-refractivity contribution in [2.24, 2.45) is 0 Å². The first kappa shape index (κ1) is 19.9. The molecule has 7 nitrogen and oxygen atoms in total. The highest BCUT2D eigenvalue weighted by molar-refractivity contribution is 5.98. The summed E-state index contributed by atoms with van der Waals surface area (Å²) >= 11 is 0. The van der Waals surface area contributed by atoms with Gasteiger partial charge < -0.3 is 15.1 Å². The second kappa shape index (κ2) is 8.63. The first-order valence-corrected chi connectivity index (χ1v) is 10.7. The zero-order valence-electron chi connectivity index (χ0n) is 17.9. The van der Waals surface area contributed by atoms with Gasteiger partial charge in [0.15, 0.2) is 0 Å². The summed E-state index contributed by atoms with van der Waals surface area (Å²) < 4.78 is 0. The van der Waals surface area contributed by atoms with E-state index < -0.39 is 0 Å². The van der Waals surface area contributed by atoms with E-state index in [2.05, 4.69) is 31.2 Å². The number of nitrogens with zero attached hydrogens (tertiary/aromatic N) is 5. The number of carbonyl (C=O) groups excluding carboxylic acids is 1. The molecule has 1 amide bonds. The van der Waals surface area contributed by atoms with E-state index >= 15 is 0 Å². The van der Waals surface area contributed by atoms with Crippen LogP contribution in [0.4, 0.5) is 17.5 Å². The number of anilines is 3. The maximum absolute atomic E-state index is 13.0. The first-order valence-electron chi connectivity index (χ1n) is 10.7. The molecule has 1 aliphatic rings. The van der Waals surface area contributed by atoms with Crippen molar-refractivity contribution in [2.45, 2.75) is 6.92 Å². The maximum atomic E-state index is 13.0. The van der Waals surface area contributed by atoms with Crippen LogP contribution >= 0.6 is 0 Å². The highest BCUT2D eigenvalue weighted by atomic mass is 16.2. The number of fused-ring (bicyclic) bond motifs is 1. The van der Waals surface area contributed by atoms with Crippen LogP contribution in [0, 0.1) is 6.92 Å². The van der Waals surface area contributed by atoms with Gasteiger partial charge in [-0.15, -0.1) is 0 Å². The molecule has 0 saturated carbocycles. The summed E-state index contributed by atoms with van der Waals surface area (Å²) in [5.74, 6) is 2.36. The first-order chi connectivity index (χ1) is 15.7. The fourth-order valence-corrected chi connectivity index (χ4v) is 3.97. The molecule has 2 aromatic carbocycles. The number of aromatic nitrogens is 3. The molecule has 0 spiro atoms. The van der Waals surface area contributed by atoms with Crippen molar-refractivity contribution >= 4 is 34.1 Å². The van der Waals surface area contributed by atoms with Gasteiger partial charge in [0.1, 0.15) is 23.8 Å². The van der Waals surface area contributed by atoms with Crippen molar-refractivity contribution in [2.75, 3.05) is 36.4 Å². The van der Waals surface area contributed by atoms with Gasteiger partial charge in [-0.25, -0.2) is 15.0 Å². The van der Waals surface area contributed by atoms with E-state index in [-0.39, 0.29) is 5.91 Å². The summed E-state index contributed by atoms with van der Waals surface area (Å²) in [6.07, 6.45) is 3.33.